The Morgan fingerprint density at radius 3 is 2.41 bits per heavy atom. The number of anilines is 1. The van der Waals surface area contributed by atoms with E-state index in [1.807, 2.05) is 45.0 Å². The summed E-state index contributed by atoms with van der Waals surface area (Å²) in [5, 5.41) is 14.5. The maximum Gasteiger partial charge on any atom is 0.278 e. The SMILES string of the molecule is CCC(CC)c1cc(C)n2nc(-c3ccc(N(C)C)nc3C)n(CCO)c(=O)c12. The quantitative estimate of drug-likeness (QED) is 0.663. The van der Waals surface area contributed by atoms with Crippen LogP contribution < -0.4 is 10.5 Å². The molecule has 0 unspecified atom stereocenters. The zero-order valence-electron chi connectivity index (χ0n) is 18.2. The topological polar surface area (TPSA) is 75.7 Å². The van der Waals surface area contributed by atoms with Crippen LogP contribution in [0.15, 0.2) is 23.0 Å². The largest absolute Gasteiger partial charge is 0.395 e. The molecule has 0 amide bonds. The van der Waals surface area contributed by atoms with Crippen LogP contribution in [-0.4, -0.2) is 45.0 Å². The fourth-order valence-electron chi connectivity index (χ4n) is 3.95. The number of hydrogen-bond acceptors (Lipinski definition) is 5. The molecule has 7 heteroatoms. The van der Waals surface area contributed by atoms with E-state index in [-0.39, 0.29) is 18.7 Å². The number of pyridine rings is 1. The van der Waals surface area contributed by atoms with Crippen LogP contribution in [0, 0.1) is 13.8 Å². The van der Waals surface area contributed by atoms with Crippen molar-refractivity contribution in [1.29, 1.82) is 0 Å². The van der Waals surface area contributed by atoms with E-state index in [0.717, 1.165) is 41.2 Å². The lowest BCUT2D eigenvalue weighted by molar-refractivity contribution is 0.274. The van der Waals surface area contributed by atoms with Crippen molar-refractivity contribution < 1.29 is 5.11 Å². The first kappa shape index (κ1) is 21.0. The molecule has 0 aliphatic rings. The number of hydrogen-bond donors (Lipinski definition) is 1. The number of aromatic nitrogens is 4. The molecule has 0 radical (unpaired) electrons. The smallest absolute Gasteiger partial charge is 0.278 e. The van der Waals surface area contributed by atoms with Gasteiger partial charge in [-0.1, -0.05) is 13.8 Å². The molecule has 156 valence electrons. The van der Waals surface area contributed by atoms with Crippen LogP contribution >= 0.6 is 0 Å². The molecule has 0 aliphatic carbocycles. The third-order valence-electron chi connectivity index (χ3n) is 5.60. The van der Waals surface area contributed by atoms with Crippen molar-refractivity contribution in [3.63, 3.8) is 0 Å². The zero-order valence-corrected chi connectivity index (χ0v) is 18.2. The predicted molar refractivity (Wildman–Crippen MR) is 117 cm³/mol. The normalized spacial score (nSPS) is 11.6. The van der Waals surface area contributed by atoms with Gasteiger partial charge in [0.2, 0.25) is 0 Å². The molecule has 0 saturated carbocycles. The highest BCUT2D eigenvalue weighted by Gasteiger charge is 2.22. The lowest BCUT2D eigenvalue weighted by atomic mass is 9.95. The first-order chi connectivity index (χ1) is 13.8. The van der Waals surface area contributed by atoms with Crippen LogP contribution in [0.4, 0.5) is 5.82 Å². The second kappa shape index (κ2) is 8.37. The first-order valence-corrected chi connectivity index (χ1v) is 10.2. The summed E-state index contributed by atoms with van der Waals surface area (Å²) in [5.41, 5.74) is 4.06. The Balaban J connectivity index is 2.33. The van der Waals surface area contributed by atoms with Crippen molar-refractivity contribution >= 4 is 11.3 Å². The third-order valence-corrected chi connectivity index (χ3v) is 5.60. The van der Waals surface area contributed by atoms with Crippen LogP contribution in [0.25, 0.3) is 16.9 Å². The van der Waals surface area contributed by atoms with Crippen molar-refractivity contribution in [2.75, 3.05) is 25.6 Å². The molecule has 0 aliphatic heterocycles. The minimum Gasteiger partial charge on any atom is -0.395 e. The molecule has 0 spiro atoms. The number of aliphatic hydroxyl groups excluding tert-OH is 1. The average Bonchev–Trinajstić information content (AvgIpc) is 3.01. The van der Waals surface area contributed by atoms with Crippen molar-refractivity contribution in [3.05, 3.63) is 45.5 Å². The lowest BCUT2D eigenvalue weighted by Crippen LogP contribution is -2.28. The summed E-state index contributed by atoms with van der Waals surface area (Å²) in [4.78, 5) is 20.1. The van der Waals surface area contributed by atoms with E-state index in [9.17, 15) is 9.90 Å². The van der Waals surface area contributed by atoms with Crippen molar-refractivity contribution in [2.24, 2.45) is 0 Å². The van der Waals surface area contributed by atoms with Crippen LogP contribution in [0.2, 0.25) is 0 Å². The van der Waals surface area contributed by atoms with E-state index in [0.29, 0.717) is 17.3 Å². The van der Waals surface area contributed by atoms with E-state index in [4.69, 9.17) is 5.10 Å². The highest BCUT2D eigenvalue weighted by Crippen LogP contribution is 2.29. The molecule has 0 fully saturated rings. The third kappa shape index (κ3) is 3.67. The fourth-order valence-corrected chi connectivity index (χ4v) is 3.95. The molecule has 0 atom stereocenters. The molecule has 1 N–H and O–H groups in total. The summed E-state index contributed by atoms with van der Waals surface area (Å²) in [6.07, 6.45) is 1.93. The van der Waals surface area contributed by atoms with Crippen molar-refractivity contribution in [2.45, 2.75) is 53.0 Å². The molecular formula is C22H31N5O2. The van der Waals surface area contributed by atoms with Gasteiger partial charge in [-0.15, -0.1) is 5.10 Å². The number of aliphatic hydroxyl groups is 1. The summed E-state index contributed by atoms with van der Waals surface area (Å²) in [5.74, 6) is 1.68. The maximum absolute atomic E-state index is 13.5. The molecule has 29 heavy (non-hydrogen) atoms. The second-order valence-corrected chi connectivity index (χ2v) is 7.72. The molecule has 3 rings (SSSR count). The molecule has 7 nitrogen and oxygen atoms in total. The molecule has 3 heterocycles. The minimum absolute atomic E-state index is 0.116. The number of nitrogens with zero attached hydrogens (tertiary/aromatic N) is 5. The summed E-state index contributed by atoms with van der Waals surface area (Å²) in [6.45, 7) is 8.24. The van der Waals surface area contributed by atoms with Gasteiger partial charge in [0.1, 0.15) is 11.3 Å². The van der Waals surface area contributed by atoms with Crippen molar-refractivity contribution in [1.82, 2.24) is 19.2 Å². The van der Waals surface area contributed by atoms with E-state index in [1.54, 1.807) is 9.08 Å². The zero-order chi connectivity index (χ0) is 21.3. The molecule has 3 aromatic rings. The Kier molecular flexibility index (Phi) is 6.07. The van der Waals surface area contributed by atoms with Gasteiger partial charge >= 0.3 is 0 Å². The van der Waals surface area contributed by atoms with Gasteiger partial charge in [-0.2, -0.15) is 0 Å². The van der Waals surface area contributed by atoms with Gasteiger partial charge in [-0.05, 0) is 56.4 Å². The lowest BCUT2D eigenvalue weighted by Gasteiger charge is -2.17. The molecule has 0 aromatic carbocycles. The minimum atomic E-state index is -0.132. The Morgan fingerprint density at radius 1 is 1.17 bits per heavy atom. The number of rotatable bonds is 7. The molecule has 0 saturated heterocycles. The summed E-state index contributed by atoms with van der Waals surface area (Å²) in [7, 11) is 3.88. The highest BCUT2D eigenvalue weighted by atomic mass is 16.3. The van der Waals surface area contributed by atoms with Gasteiger partial charge < -0.3 is 10.0 Å². The second-order valence-electron chi connectivity index (χ2n) is 7.72. The van der Waals surface area contributed by atoms with E-state index in [2.05, 4.69) is 24.9 Å². The fraction of sp³-hybridized carbons (Fsp3) is 0.500. The molecular weight excluding hydrogens is 366 g/mol. The van der Waals surface area contributed by atoms with Gasteiger partial charge in [-0.3, -0.25) is 9.36 Å². The first-order valence-electron chi connectivity index (χ1n) is 10.2. The van der Waals surface area contributed by atoms with Crippen LogP contribution in [0.5, 0.6) is 0 Å². The van der Waals surface area contributed by atoms with Gasteiger partial charge in [-0.25, -0.2) is 9.50 Å². The molecule has 0 bridgehead atoms. The Morgan fingerprint density at radius 2 is 1.86 bits per heavy atom. The average molecular weight is 398 g/mol. The molecule has 3 aromatic heterocycles. The van der Waals surface area contributed by atoms with Gasteiger partial charge in [0, 0.05) is 25.4 Å². The monoisotopic (exact) mass is 397 g/mol. The Bertz CT molecular complexity index is 1080. The Labute approximate surface area is 171 Å². The van der Waals surface area contributed by atoms with E-state index < -0.39 is 0 Å². The van der Waals surface area contributed by atoms with Gasteiger partial charge in [0.05, 0.1) is 18.8 Å². The summed E-state index contributed by atoms with van der Waals surface area (Å²) < 4.78 is 3.35. The van der Waals surface area contributed by atoms with E-state index >= 15 is 0 Å². The summed E-state index contributed by atoms with van der Waals surface area (Å²) in [6, 6.07) is 5.94. The highest BCUT2D eigenvalue weighted by molar-refractivity contribution is 5.64. The van der Waals surface area contributed by atoms with Crippen molar-refractivity contribution in [3.8, 4) is 11.4 Å². The Hall–Kier alpha value is -2.67. The predicted octanol–water partition coefficient (Wildman–Crippen LogP) is 3.14. The van der Waals surface area contributed by atoms with Crippen LogP contribution in [-0.2, 0) is 6.54 Å². The number of fused-ring (bicyclic) bond motifs is 1. The van der Waals surface area contributed by atoms with Crippen LogP contribution in [0.1, 0.15) is 49.6 Å². The standard InChI is InChI=1S/C22H31N5O2/c1-7-16(8-2)18-13-14(3)27-20(18)22(29)26(11-12-28)21(24-27)17-9-10-19(25(5)6)23-15(17)4/h9-10,13,16,28H,7-8,11-12H2,1-6H3. The van der Waals surface area contributed by atoms with E-state index in [1.165, 1.54) is 0 Å². The number of aryl methyl sites for hydroxylation is 2. The maximum atomic E-state index is 13.5. The van der Waals surface area contributed by atoms with Gasteiger partial charge in [0.25, 0.3) is 5.56 Å². The summed E-state index contributed by atoms with van der Waals surface area (Å²) >= 11 is 0. The van der Waals surface area contributed by atoms with Gasteiger partial charge in [0.15, 0.2) is 5.82 Å². The van der Waals surface area contributed by atoms with Crippen LogP contribution in [0.3, 0.4) is 0 Å².